The van der Waals surface area contributed by atoms with Crippen LogP contribution in [0.3, 0.4) is 0 Å². The van der Waals surface area contributed by atoms with E-state index in [1.165, 1.54) is 18.9 Å². The van der Waals surface area contributed by atoms with E-state index in [2.05, 4.69) is 0 Å². The molecule has 4 heteroatoms. The molecule has 22 heavy (non-hydrogen) atoms. The lowest BCUT2D eigenvalue weighted by Gasteiger charge is -2.23. The van der Waals surface area contributed by atoms with Gasteiger partial charge in [0.2, 0.25) is 0 Å². The maximum atomic E-state index is 12.2. The molecule has 0 aromatic rings. The summed E-state index contributed by atoms with van der Waals surface area (Å²) in [6.45, 7) is 1.86. The Hall–Kier alpha value is -1.32. The van der Waals surface area contributed by atoms with Crippen molar-refractivity contribution in [1.82, 2.24) is 0 Å². The third-order valence-electron chi connectivity index (χ3n) is 4.60. The van der Waals surface area contributed by atoms with Crippen LogP contribution in [0.4, 0.5) is 0 Å². The van der Waals surface area contributed by atoms with E-state index in [9.17, 15) is 9.59 Å². The van der Waals surface area contributed by atoms with Crippen LogP contribution in [0.2, 0.25) is 0 Å². The molecule has 0 aromatic heterocycles. The SMILES string of the molecule is CC/C(=C/C(=O)OC1CCCCC1)C(=O)OC1CCCCC1. The summed E-state index contributed by atoms with van der Waals surface area (Å²) in [7, 11) is 0. The van der Waals surface area contributed by atoms with Crippen LogP contribution in [0.5, 0.6) is 0 Å². The molecule has 0 bridgehead atoms. The number of rotatable bonds is 5. The monoisotopic (exact) mass is 308 g/mol. The van der Waals surface area contributed by atoms with Crippen molar-refractivity contribution in [2.45, 2.75) is 89.8 Å². The van der Waals surface area contributed by atoms with Crippen molar-refractivity contribution in [2.75, 3.05) is 0 Å². The van der Waals surface area contributed by atoms with Crippen LogP contribution in [0, 0.1) is 0 Å². The molecule has 124 valence electrons. The molecule has 0 aromatic carbocycles. The summed E-state index contributed by atoms with van der Waals surface area (Å²) >= 11 is 0. The Kier molecular flexibility index (Phi) is 6.94. The quantitative estimate of drug-likeness (QED) is 0.567. The average Bonchev–Trinajstić information content (AvgIpc) is 2.54. The van der Waals surface area contributed by atoms with Crippen molar-refractivity contribution in [3.63, 3.8) is 0 Å². The van der Waals surface area contributed by atoms with Gasteiger partial charge in [-0.05, 0) is 57.8 Å². The first-order valence-electron chi connectivity index (χ1n) is 8.81. The maximum absolute atomic E-state index is 12.2. The van der Waals surface area contributed by atoms with Gasteiger partial charge in [0, 0.05) is 11.6 Å². The van der Waals surface area contributed by atoms with Gasteiger partial charge >= 0.3 is 11.9 Å². The number of carbonyl (C=O) groups is 2. The summed E-state index contributed by atoms with van der Waals surface area (Å²) in [5, 5.41) is 0. The second-order valence-corrected chi connectivity index (χ2v) is 6.39. The van der Waals surface area contributed by atoms with Gasteiger partial charge in [0.05, 0.1) is 0 Å². The van der Waals surface area contributed by atoms with Crippen LogP contribution in [0.15, 0.2) is 11.6 Å². The lowest BCUT2D eigenvalue weighted by Crippen LogP contribution is -2.23. The van der Waals surface area contributed by atoms with Gasteiger partial charge in [0.25, 0.3) is 0 Å². The topological polar surface area (TPSA) is 52.6 Å². The third kappa shape index (κ3) is 5.47. The number of carbonyl (C=O) groups excluding carboxylic acids is 2. The number of hydrogen-bond donors (Lipinski definition) is 0. The molecule has 0 atom stereocenters. The zero-order valence-corrected chi connectivity index (χ0v) is 13.6. The Morgan fingerprint density at radius 2 is 1.36 bits per heavy atom. The first kappa shape index (κ1) is 17.0. The van der Waals surface area contributed by atoms with E-state index in [0.717, 1.165) is 51.4 Å². The summed E-state index contributed by atoms with van der Waals surface area (Å²) < 4.78 is 11.0. The van der Waals surface area contributed by atoms with Gasteiger partial charge in [-0.15, -0.1) is 0 Å². The lowest BCUT2D eigenvalue weighted by atomic mass is 9.97. The van der Waals surface area contributed by atoms with Crippen molar-refractivity contribution in [3.8, 4) is 0 Å². The fraction of sp³-hybridized carbons (Fsp3) is 0.778. The minimum absolute atomic E-state index is 0.0185. The minimum atomic E-state index is -0.399. The van der Waals surface area contributed by atoms with Crippen molar-refractivity contribution >= 4 is 11.9 Å². The predicted octanol–water partition coefficient (Wildman–Crippen LogP) is 4.07. The maximum Gasteiger partial charge on any atom is 0.334 e. The molecule has 0 spiro atoms. The molecule has 2 aliphatic carbocycles. The molecule has 0 radical (unpaired) electrons. The highest BCUT2D eigenvalue weighted by Gasteiger charge is 2.21. The molecule has 2 saturated carbocycles. The van der Waals surface area contributed by atoms with E-state index >= 15 is 0 Å². The summed E-state index contributed by atoms with van der Waals surface area (Å²) in [5.74, 6) is -0.751. The zero-order chi connectivity index (χ0) is 15.8. The largest absolute Gasteiger partial charge is 0.459 e. The second kappa shape index (κ2) is 8.96. The fourth-order valence-electron chi connectivity index (χ4n) is 3.24. The average molecular weight is 308 g/mol. The Balaban J connectivity index is 1.84. The Labute approximate surface area is 133 Å². The molecule has 0 aliphatic heterocycles. The molecular formula is C18H28O4. The van der Waals surface area contributed by atoms with Gasteiger partial charge in [-0.1, -0.05) is 19.8 Å². The van der Waals surface area contributed by atoms with Crippen LogP contribution in [0.1, 0.15) is 77.6 Å². The van der Waals surface area contributed by atoms with Gasteiger partial charge in [-0.3, -0.25) is 0 Å². The molecular weight excluding hydrogens is 280 g/mol. The van der Waals surface area contributed by atoms with Crippen LogP contribution < -0.4 is 0 Å². The first-order chi connectivity index (χ1) is 10.7. The first-order valence-corrected chi connectivity index (χ1v) is 8.81. The standard InChI is InChI=1S/C18H28O4/c1-2-14(18(20)22-16-11-7-4-8-12-16)13-17(19)21-15-9-5-3-6-10-15/h13,15-16H,2-12H2,1H3/b14-13-. The van der Waals surface area contributed by atoms with E-state index < -0.39 is 5.97 Å². The normalized spacial score (nSPS) is 21.4. The van der Waals surface area contributed by atoms with Crippen LogP contribution in [-0.2, 0) is 19.1 Å². The van der Waals surface area contributed by atoms with Crippen molar-refractivity contribution < 1.29 is 19.1 Å². The molecule has 0 amide bonds. The highest BCUT2D eigenvalue weighted by atomic mass is 16.5. The van der Waals surface area contributed by atoms with Crippen molar-refractivity contribution in [2.24, 2.45) is 0 Å². The predicted molar refractivity (Wildman–Crippen MR) is 84.3 cm³/mol. The van der Waals surface area contributed by atoms with Crippen LogP contribution in [-0.4, -0.2) is 24.1 Å². The number of ether oxygens (including phenoxy) is 2. The Morgan fingerprint density at radius 1 is 0.864 bits per heavy atom. The molecule has 0 saturated heterocycles. The van der Waals surface area contributed by atoms with Gasteiger partial charge in [0.15, 0.2) is 0 Å². The molecule has 0 unspecified atom stereocenters. The smallest absolute Gasteiger partial charge is 0.334 e. The van der Waals surface area contributed by atoms with Gasteiger partial charge in [0.1, 0.15) is 12.2 Å². The van der Waals surface area contributed by atoms with Gasteiger partial charge < -0.3 is 9.47 Å². The summed E-state index contributed by atoms with van der Waals surface area (Å²) in [5.41, 5.74) is 0.423. The van der Waals surface area contributed by atoms with Crippen molar-refractivity contribution in [1.29, 1.82) is 0 Å². The van der Waals surface area contributed by atoms with E-state index in [0.29, 0.717) is 12.0 Å². The lowest BCUT2D eigenvalue weighted by molar-refractivity contribution is -0.148. The Morgan fingerprint density at radius 3 is 1.86 bits per heavy atom. The number of hydrogen-bond acceptors (Lipinski definition) is 4. The summed E-state index contributed by atoms with van der Waals surface area (Å²) in [6.07, 6.45) is 12.5. The van der Waals surface area contributed by atoms with Gasteiger partial charge in [-0.2, -0.15) is 0 Å². The molecule has 0 N–H and O–H groups in total. The molecule has 4 nitrogen and oxygen atoms in total. The van der Waals surface area contributed by atoms with E-state index in [1.54, 1.807) is 0 Å². The number of esters is 2. The van der Waals surface area contributed by atoms with Crippen LogP contribution in [0.25, 0.3) is 0 Å². The molecule has 0 heterocycles. The van der Waals surface area contributed by atoms with E-state index in [-0.39, 0.29) is 18.2 Å². The molecule has 2 rings (SSSR count). The Bertz CT molecular complexity index is 401. The van der Waals surface area contributed by atoms with Gasteiger partial charge in [-0.25, -0.2) is 9.59 Å². The van der Waals surface area contributed by atoms with E-state index in [1.807, 2.05) is 6.92 Å². The minimum Gasteiger partial charge on any atom is -0.459 e. The third-order valence-corrected chi connectivity index (χ3v) is 4.60. The highest BCUT2D eigenvalue weighted by molar-refractivity contribution is 5.96. The summed E-state index contributed by atoms with van der Waals surface area (Å²) in [4.78, 5) is 24.1. The second-order valence-electron chi connectivity index (χ2n) is 6.39. The highest BCUT2D eigenvalue weighted by Crippen LogP contribution is 2.23. The van der Waals surface area contributed by atoms with Crippen LogP contribution >= 0.6 is 0 Å². The summed E-state index contributed by atoms with van der Waals surface area (Å²) in [6, 6.07) is 0. The van der Waals surface area contributed by atoms with E-state index in [4.69, 9.17) is 9.47 Å². The zero-order valence-electron chi connectivity index (χ0n) is 13.6. The van der Waals surface area contributed by atoms with Crippen molar-refractivity contribution in [3.05, 3.63) is 11.6 Å². The molecule has 2 fully saturated rings. The molecule has 2 aliphatic rings. The fourth-order valence-corrected chi connectivity index (χ4v) is 3.24.